The summed E-state index contributed by atoms with van der Waals surface area (Å²) in [5, 5.41) is 1.23. The number of aryl methyl sites for hydroxylation is 1. The van der Waals surface area contributed by atoms with Crippen molar-refractivity contribution in [3.63, 3.8) is 0 Å². The molecular formula is C14H11N3S. The highest BCUT2D eigenvalue weighted by atomic mass is 32.2. The quantitative estimate of drug-likeness (QED) is 0.615. The van der Waals surface area contributed by atoms with Crippen molar-refractivity contribution in [3.05, 3.63) is 48.2 Å². The summed E-state index contributed by atoms with van der Waals surface area (Å²) in [6.07, 6.45) is 4.04. The minimum absolute atomic E-state index is 0.925. The summed E-state index contributed by atoms with van der Waals surface area (Å²) in [6, 6.07) is 8.30. The molecule has 1 aromatic carbocycles. The first-order chi connectivity index (χ1) is 8.83. The maximum atomic E-state index is 4.54. The normalized spacial score (nSPS) is 13.4. The van der Waals surface area contributed by atoms with Crippen LogP contribution in [0.15, 0.2) is 41.6 Å². The van der Waals surface area contributed by atoms with E-state index in [1.807, 2.05) is 30.9 Å². The summed E-state index contributed by atoms with van der Waals surface area (Å²) < 4.78 is 2.17. The summed E-state index contributed by atoms with van der Waals surface area (Å²) in [4.78, 5) is 10.4. The predicted octanol–water partition coefficient (Wildman–Crippen LogP) is 3.33. The number of aromatic nitrogens is 3. The van der Waals surface area contributed by atoms with Gasteiger partial charge in [-0.25, -0.2) is 4.98 Å². The van der Waals surface area contributed by atoms with Crippen LogP contribution in [0.5, 0.6) is 0 Å². The van der Waals surface area contributed by atoms with Crippen molar-refractivity contribution in [2.45, 2.75) is 17.6 Å². The molecule has 2 aromatic heterocycles. The Hall–Kier alpha value is -1.81. The molecular weight excluding hydrogens is 242 g/mol. The Kier molecular flexibility index (Phi) is 2.02. The van der Waals surface area contributed by atoms with Crippen molar-refractivity contribution in [3.8, 4) is 5.69 Å². The molecule has 0 spiro atoms. The van der Waals surface area contributed by atoms with Crippen molar-refractivity contribution >= 4 is 22.7 Å². The highest BCUT2D eigenvalue weighted by Crippen LogP contribution is 2.38. The molecule has 18 heavy (non-hydrogen) atoms. The molecule has 0 unspecified atom stereocenters. The Labute approximate surface area is 109 Å². The summed E-state index contributed by atoms with van der Waals surface area (Å²) in [6.45, 7) is 2.03. The maximum absolute atomic E-state index is 4.54. The van der Waals surface area contributed by atoms with E-state index < -0.39 is 0 Å². The number of benzene rings is 1. The molecule has 0 atom stereocenters. The number of para-hydroxylation sites is 1. The summed E-state index contributed by atoms with van der Waals surface area (Å²) in [7, 11) is 0. The van der Waals surface area contributed by atoms with Crippen LogP contribution in [0.1, 0.15) is 11.5 Å². The van der Waals surface area contributed by atoms with Crippen LogP contribution in [-0.2, 0) is 5.75 Å². The zero-order valence-electron chi connectivity index (χ0n) is 9.92. The Morgan fingerprint density at radius 3 is 3.11 bits per heavy atom. The standard InChI is InChI=1S/C14H11N3S/c1-9-7-17-12-6-15-11-5-3-2-4-10(11)14(12)18-8-13(17)16-9/h2-7H,8H2,1H3. The van der Waals surface area contributed by atoms with Gasteiger partial charge >= 0.3 is 0 Å². The smallest absolute Gasteiger partial charge is 0.124 e. The van der Waals surface area contributed by atoms with Crippen LogP contribution in [0.3, 0.4) is 0 Å². The van der Waals surface area contributed by atoms with Gasteiger partial charge in [0, 0.05) is 16.5 Å². The second kappa shape index (κ2) is 3.59. The van der Waals surface area contributed by atoms with Crippen molar-refractivity contribution in [2.75, 3.05) is 0 Å². The lowest BCUT2D eigenvalue weighted by atomic mass is 10.2. The number of hydrogen-bond acceptors (Lipinski definition) is 3. The van der Waals surface area contributed by atoms with Crippen LogP contribution in [0, 0.1) is 6.92 Å². The fraction of sp³-hybridized carbons (Fsp3) is 0.143. The number of fused-ring (bicyclic) bond motifs is 5. The Balaban J connectivity index is 2.08. The first-order valence-corrected chi connectivity index (χ1v) is 6.87. The zero-order chi connectivity index (χ0) is 12.1. The lowest BCUT2D eigenvalue weighted by molar-refractivity contribution is 0.920. The zero-order valence-corrected chi connectivity index (χ0v) is 10.7. The largest absolute Gasteiger partial charge is 0.300 e. The molecule has 88 valence electrons. The first kappa shape index (κ1) is 10.1. The Morgan fingerprint density at radius 2 is 2.17 bits per heavy atom. The minimum atomic E-state index is 0.925. The van der Waals surface area contributed by atoms with Crippen LogP contribution in [0.2, 0.25) is 0 Å². The highest BCUT2D eigenvalue weighted by Gasteiger charge is 2.20. The average molecular weight is 253 g/mol. The molecule has 3 aromatic rings. The van der Waals surface area contributed by atoms with Crippen molar-refractivity contribution in [1.82, 2.24) is 14.5 Å². The number of thioether (sulfide) groups is 1. The third kappa shape index (κ3) is 1.32. The molecule has 4 rings (SSSR count). The molecule has 0 bridgehead atoms. The van der Waals surface area contributed by atoms with Gasteiger partial charge in [0.25, 0.3) is 0 Å². The van der Waals surface area contributed by atoms with E-state index in [9.17, 15) is 0 Å². The molecule has 0 fully saturated rings. The molecule has 1 aliphatic rings. The molecule has 3 nitrogen and oxygen atoms in total. The summed E-state index contributed by atoms with van der Waals surface area (Å²) >= 11 is 1.85. The predicted molar refractivity (Wildman–Crippen MR) is 73.2 cm³/mol. The third-order valence-electron chi connectivity index (χ3n) is 3.21. The number of imidazole rings is 1. The van der Waals surface area contributed by atoms with Gasteiger partial charge in [-0.1, -0.05) is 18.2 Å². The molecule has 0 saturated carbocycles. The van der Waals surface area contributed by atoms with Gasteiger partial charge in [-0.2, -0.15) is 0 Å². The van der Waals surface area contributed by atoms with Gasteiger partial charge < -0.3 is 4.57 Å². The minimum Gasteiger partial charge on any atom is -0.300 e. The fourth-order valence-corrected chi connectivity index (χ4v) is 3.53. The van der Waals surface area contributed by atoms with Gasteiger partial charge in [-0.3, -0.25) is 4.98 Å². The Bertz CT molecular complexity index is 761. The van der Waals surface area contributed by atoms with Gasteiger partial charge in [-0.15, -0.1) is 11.8 Å². The number of nitrogens with zero attached hydrogens (tertiary/aromatic N) is 3. The molecule has 0 N–H and O–H groups in total. The Morgan fingerprint density at radius 1 is 1.28 bits per heavy atom. The van der Waals surface area contributed by atoms with Crippen molar-refractivity contribution in [2.24, 2.45) is 0 Å². The monoisotopic (exact) mass is 253 g/mol. The van der Waals surface area contributed by atoms with E-state index >= 15 is 0 Å². The van der Waals surface area contributed by atoms with E-state index in [0.717, 1.165) is 28.5 Å². The van der Waals surface area contributed by atoms with E-state index in [-0.39, 0.29) is 0 Å². The van der Waals surface area contributed by atoms with Crippen molar-refractivity contribution < 1.29 is 0 Å². The highest BCUT2D eigenvalue weighted by molar-refractivity contribution is 7.99. The lowest BCUT2D eigenvalue weighted by Crippen LogP contribution is -2.06. The number of rotatable bonds is 0. The van der Waals surface area contributed by atoms with Gasteiger partial charge in [0.05, 0.1) is 28.8 Å². The molecule has 0 amide bonds. The van der Waals surface area contributed by atoms with E-state index in [1.165, 1.54) is 10.3 Å². The lowest BCUT2D eigenvalue weighted by Gasteiger charge is -2.18. The van der Waals surface area contributed by atoms with Crippen LogP contribution in [-0.4, -0.2) is 14.5 Å². The fourth-order valence-electron chi connectivity index (χ4n) is 2.42. The van der Waals surface area contributed by atoms with Crippen LogP contribution >= 0.6 is 11.8 Å². The summed E-state index contributed by atoms with van der Waals surface area (Å²) in [5.74, 6) is 2.04. The SMILES string of the molecule is Cc1cn2c(n1)CSc1c-2cnc2ccccc12. The van der Waals surface area contributed by atoms with E-state index in [2.05, 4.69) is 38.9 Å². The van der Waals surface area contributed by atoms with Crippen molar-refractivity contribution in [1.29, 1.82) is 0 Å². The molecule has 1 aliphatic heterocycles. The molecule has 0 aliphatic carbocycles. The van der Waals surface area contributed by atoms with Gasteiger partial charge in [0.1, 0.15) is 5.82 Å². The van der Waals surface area contributed by atoms with Crippen LogP contribution in [0.4, 0.5) is 0 Å². The second-order valence-electron chi connectivity index (χ2n) is 4.45. The third-order valence-corrected chi connectivity index (χ3v) is 4.33. The second-order valence-corrected chi connectivity index (χ2v) is 5.43. The first-order valence-electron chi connectivity index (χ1n) is 5.89. The number of pyridine rings is 1. The van der Waals surface area contributed by atoms with E-state index in [4.69, 9.17) is 0 Å². The van der Waals surface area contributed by atoms with Gasteiger partial charge in [0.2, 0.25) is 0 Å². The van der Waals surface area contributed by atoms with Gasteiger partial charge in [-0.05, 0) is 13.0 Å². The maximum Gasteiger partial charge on any atom is 0.124 e. The summed E-state index contributed by atoms with van der Waals surface area (Å²) in [5.41, 5.74) is 3.27. The molecule has 3 heterocycles. The van der Waals surface area contributed by atoms with E-state index in [0.29, 0.717) is 0 Å². The molecule has 0 saturated heterocycles. The van der Waals surface area contributed by atoms with Crippen LogP contribution < -0.4 is 0 Å². The molecule has 0 radical (unpaired) electrons. The average Bonchev–Trinajstić information content (AvgIpc) is 2.79. The van der Waals surface area contributed by atoms with Gasteiger partial charge in [0.15, 0.2) is 0 Å². The topological polar surface area (TPSA) is 30.7 Å². The number of hydrogen-bond donors (Lipinski definition) is 0. The van der Waals surface area contributed by atoms with E-state index in [1.54, 1.807) is 0 Å². The molecule has 4 heteroatoms. The van der Waals surface area contributed by atoms with Crippen LogP contribution in [0.25, 0.3) is 16.6 Å².